The molecule has 142 valence electrons. The first-order valence-corrected chi connectivity index (χ1v) is 9.07. The Labute approximate surface area is 177 Å². The van der Waals surface area contributed by atoms with E-state index in [2.05, 4.69) is 31.3 Å². The van der Waals surface area contributed by atoms with E-state index in [1.54, 1.807) is 0 Å². The number of aryl methyl sites for hydroxylation is 1. The van der Waals surface area contributed by atoms with Gasteiger partial charge in [-0.2, -0.15) is 5.10 Å². The first-order valence-electron chi connectivity index (χ1n) is 8.70. The Morgan fingerprint density at radius 2 is 2.04 bits per heavy atom. The lowest BCUT2D eigenvalue weighted by Crippen LogP contribution is -2.52. The van der Waals surface area contributed by atoms with Gasteiger partial charge in [0.2, 0.25) is 0 Å². The van der Waals surface area contributed by atoms with Crippen molar-refractivity contribution >= 4 is 47.2 Å². The van der Waals surface area contributed by atoms with Gasteiger partial charge >= 0.3 is 0 Å². The lowest BCUT2D eigenvalue weighted by atomic mass is 10.2. The highest BCUT2D eigenvalue weighted by molar-refractivity contribution is 14.0. The fourth-order valence-corrected chi connectivity index (χ4v) is 3.24. The molecule has 0 amide bonds. The van der Waals surface area contributed by atoms with Crippen LogP contribution in [0.4, 0.5) is 5.69 Å². The van der Waals surface area contributed by atoms with Gasteiger partial charge in [0.25, 0.3) is 0 Å². The third-order valence-electron chi connectivity index (χ3n) is 4.37. The molecule has 0 aliphatic carbocycles. The minimum absolute atomic E-state index is 0. The van der Waals surface area contributed by atoms with Crippen molar-refractivity contribution in [2.24, 2.45) is 4.99 Å². The van der Waals surface area contributed by atoms with Crippen molar-refractivity contribution in [3.63, 3.8) is 0 Å². The van der Waals surface area contributed by atoms with E-state index in [9.17, 15) is 0 Å². The van der Waals surface area contributed by atoms with Gasteiger partial charge in [0.1, 0.15) is 0 Å². The predicted octanol–water partition coefficient (Wildman–Crippen LogP) is 2.94. The summed E-state index contributed by atoms with van der Waals surface area (Å²) in [6.45, 7) is 5.64. The molecule has 1 saturated heterocycles. The zero-order chi connectivity index (χ0) is 17.5. The normalized spacial score (nSPS) is 14.9. The molecule has 2 aromatic rings. The molecule has 2 heterocycles. The number of rotatable bonds is 5. The molecular weight excluding hydrogens is 463 g/mol. The van der Waals surface area contributed by atoms with E-state index in [4.69, 9.17) is 11.6 Å². The number of hydrogen-bond donors (Lipinski definition) is 1. The fourth-order valence-electron chi connectivity index (χ4n) is 3.06. The Bertz CT molecular complexity index is 683. The number of anilines is 1. The van der Waals surface area contributed by atoms with Crippen LogP contribution >= 0.6 is 35.6 Å². The summed E-state index contributed by atoms with van der Waals surface area (Å²) in [7, 11) is 1.85. The first-order chi connectivity index (χ1) is 12.3. The Hall–Kier alpha value is -1.48. The summed E-state index contributed by atoms with van der Waals surface area (Å²) < 4.78 is 1.95. The number of nitrogens with one attached hydrogen (secondary N) is 1. The van der Waals surface area contributed by atoms with Crippen molar-refractivity contribution < 1.29 is 0 Å². The summed E-state index contributed by atoms with van der Waals surface area (Å²) in [5, 5.41) is 8.47. The minimum Gasteiger partial charge on any atom is -0.368 e. The van der Waals surface area contributed by atoms with E-state index in [-0.39, 0.29) is 24.0 Å². The molecule has 3 rings (SSSR count). The van der Waals surface area contributed by atoms with Crippen molar-refractivity contribution in [3.8, 4) is 0 Å². The highest BCUT2D eigenvalue weighted by atomic mass is 127. The largest absolute Gasteiger partial charge is 0.368 e. The molecule has 8 heteroatoms. The van der Waals surface area contributed by atoms with E-state index >= 15 is 0 Å². The van der Waals surface area contributed by atoms with Crippen LogP contribution in [-0.4, -0.2) is 60.4 Å². The maximum Gasteiger partial charge on any atom is 0.193 e. The average molecular weight is 489 g/mol. The second kappa shape index (κ2) is 10.6. The second-order valence-electron chi connectivity index (χ2n) is 6.05. The van der Waals surface area contributed by atoms with Gasteiger partial charge in [-0.25, -0.2) is 0 Å². The third kappa shape index (κ3) is 5.77. The monoisotopic (exact) mass is 488 g/mol. The van der Waals surface area contributed by atoms with Gasteiger partial charge in [-0.3, -0.25) is 9.67 Å². The van der Waals surface area contributed by atoms with Crippen LogP contribution in [0.5, 0.6) is 0 Å². The van der Waals surface area contributed by atoms with Crippen molar-refractivity contribution in [2.45, 2.75) is 13.0 Å². The predicted molar refractivity (Wildman–Crippen MR) is 119 cm³/mol. The van der Waals surface area contributed by atoms with Crippen LogP contribution in [0, 0.1) is 0 Å². The van der Waals surface area contributed by atoms with Crippen LogP contribution in [0.2, 0.25) is 5.02 Å². The molecule has 0 radical (unpaired) electrons. The summed E-state index contributed by atoms with van der Waals surface area (Å²) in [6.07, 6.45) is 4.82. The molecule has 0 bridgehead atoms. The van der Waals surface area contributed by atoms with E-state index in [0.717, 1.165) is 56.7 Å². The van der Waals surface area contributed by atoms with Gasteiger partial charge in [-0.05, 0) is 30.7 Å². The highest BCUT2D eigenvalue weighted by Gasteiger charge is 2.19. The number of piperazine rings is 1. The van der Waals surface area contributed by atoms with Gasteiger partial charge in [-0.15, -0.1) is 24.0 Å². The van der Waals surface area contributed by atoms with E-state index < -0.39 is 0 Å². The summed E-state index contributed by atoms with van der Waals surface area (Å²) in [6, 6.07) is 10.0. The molecule has 1 aliphatic heterocycles. The lowest BCUT2D eigenvalue weighted by Gasteiger charge is -2.37. The van der Waals surface area contributed by atoms with E-state index in [0.29, 0.717) is 0 Å². The molecule has 0 spiro atoms. The molecule has 1 N–H and O–H groups in total. The molecule has 0 atom stereocenters. The van der Waals surface area contributed by atoms with Crippen LogP contribution < -0.4 is 10.2 Å². The van der Waals surface area contributed by atoms with Gasteiger partial charge in [0, 0.05) is 69.4 Å². The summed E-state index contributed by atoms with van der Waals surface area (Å²) in [5.41, 5.74) is 1.19. The van der Waals surface area contributed by atoms with Crippen LogP contribution in [-0.2, 0) is 6.54 Å². The van der Waals surface area contributed by atoms with Crippen LogP contribution in [0.25, 0.3) is 0 Å². The molecule has 0 unspecified atom stereocenters. The number of aromatic nitrogens is 2. The standard InChI is InChI=1S/C18H25ClN6.HI/c1-20-18(21-7-3-9-25-10-4-8-22-25)24-13-11-23(12-14-24)17-6-2-5-16(19)15-17;/h2,4-6,8,10,15H,3,7,9,11-14H2,1H3,(H,20,21);1H. The number of guanidine groups is 1. The molecule has 1 aromatic heterocycles. The topological polar surface area (TPSA) is 48.7 Å². The molecule has 1 aliphatic rings. The maximum absolute atomic E-state index is 6.10. The number of nitrogens with zero attached hydrogens (tertiary/aromatic N) is 5. The quantitative estimate of drug-likeness (QED) is 0.304. The third-order valence-corrected chi connectivity index (χ3v) is 4.61. The second-order valence-corrected chi connectivity index (χ2v) is 6.49. The summed E-state index contributed by atoms with van der Waals surface area (Å²) >= 11 is 6.10. The molecule has 0 saturated carbocycles. The Balaban J connectivity index is 0.00000243. The summed E-state index contributed by atoms with van der Waals surface area (Å²) in [4.78, 5) is 9.11. The lowest BCUT2D eigenvalue weighted by molar-refractivity contribution is 0.371. The van der Waals surface area contributed by atoms with Crippen LogP contribution in [0.3, 0.4) is 0 Å². The number of hydrogen-bond acceptors (Lipinski definition) is 3. The number of benzene rings is 1. The van der Waals surface area contributed by atoms with E-state index in [1.807, 2.05) is 48.4 Å². The maximum atomic E-state index is 6.10. The van der Waals surface area contributed by atoms with Crippen molar-refractivity contribution in [1.29, 1.82) is 0 Å². The molecule has 1 fully saturated rings. The van der Waals surface area contributed by atoms with Gasteiger partial charge in [-0.1, -0.05) is 17.7 Å². The number of aliphatic imine (C=N–C) groups is 1. The summed E-state index contributed by atoms with van der Waals surface area (Å²) in [5.74, 6) is 0.978. The van der Waals surface area contributed by atoms with Gasteiger partial charge in [0.05, 0.1) is 0 Å². The van der Waals surface area contributed by atoms with Crippen LogP contribution in [0.1, 0.15) is 6.42 Å². The Kier molecular flexibility index (Phi) is 8.50. The van der Waals surface area contributed by atoms with Crippen molar-refractivity contribution in [2.75, 3.05) is 44.7 Å². The average Bonchev–Trinajstić information content (AvgIpc) is 3.16. The molecular formula is C18H26ClIN6. The molecule has 6 nitrogen and oxygen atoms in total. The van der Waals surface area contributed by atoms with Crippen molar-refractivity contribution in [1.82, 2.24) is 20.0 Å². The zero-order valence-electron chi connectivity index (χ0n) is 15.0. The van der Waals surface area contributed by atoms with Crippen molar-refractivity contribution in [3.05, 3.63) is 47.7 Å². The van der Waals surface area contributed by atoms with Crippen LogP contribution in [0.15, 0.2) is 47.7 Å². The minimum atomic E-state index is 0. The fraction of sp³-hybridized carbons (Fsp3) is 0.444. The first kappa shape index (κ1) is 20.8. The zero-order valence-corrected chi connectivity index (χ0v) is 18.1. The molecule has 26 heavy (non-hydrogen) atoms. The Morgan fingerprint density at radius 1 is 1.23 bits per heavy atom. The number of halogens is 2. The highest BCUT2D eigenvalue weighted by Crippen LogP contribution is 2.20. The van der Waals surface area contributed by atoms with Gasteiger partial charge < -0.3 is 15.1 Å². The smallest absolute Gasteiger partial charge is 0.193 e. The Morgan fingerprint density at radius 3 is 2.69 bits per heavy atom. The van der Waals surface area contributed by atoms with E-state index in [1.165, 1.54) is 5.69 Å². The SMILES string of the molecule is CN=C(NCCCn1cccn1)N1CCN(c2cccc(Cl)c2)CC1.I. The molecule has 1 aromatic carbocycles. The van der Waals surface area contributed by atoms with Gasteiger partial charge in [0.15, 0.2) is 5.96 Å².